The molecule has 1 aliphatic heterocycles. The predicted molar refractivity (Wildman–Crippen MR) is 112 cm³/mol. The Kier molecular flexibility index (Phi) is 6.85. The summed E-state index contributed by atoms with van der Waals surface area (Å²) in [7, 11) is 0. The zero-order valence-electron chi connectivity index (χ0n) is 18.4. The lowest BCUT2D eigenvalue weighted by Crippen LogP contribution is -2.40. The molecular formula is C23H24F4N2O4. The van der Waals surface area contributed by atoms with Gasteiger partial charge in [-0.2, -0.15) is 13.2 Å². The largest absolute Gasteiger partial charge is 0.473 e. The van der Waals surface area contributed by atoms with Crippen LogP contribution in [0.1, 0.15) is 31.9 Å². The molecule has 0 saturated carbocycles. The molecule has 1 saturated heterocycles. The second-order valence-electron chi connectivity index (χ2n) is 8.00. The molecule has 1 heterocycles. The fraction of sp³-hybridized carbons (Fsp3) is 0.391. The van der Waals surface area contributed by atoms with E-state index >= 15 is 0 Å². The van der Waals surface area contributed by atoms with Gasteiger partial charge in [-0.3, -0.25) is 4.90 Å². The van der Waals surface area contributed by atoms with Crippen LogP contribution in [0, 0.1) is 5.82 Å². The Morgan fingerprint density at radius 2 is 1.73 bits per heavy atom. The van der Waals surface area contributed by atoms with Crippen LogP contribution in [0.15, 0.2) is 42.5 Å². The van der Waals surface area contributed by atoms with Gasteiger partial charge in [0.25, 0.3) is 0 Å². The topological polar surface area (TPSA) is 59.1 Å². The third-order valence-corrected chi connectivity index (χ3v) is 5.10. The lowest BCUT2D eigenvalue weighted by molar-refractivity contribution is -0.158. The van der Waals surface area contributed by atoms with Crippen LogP contribution in [0.25, 0.3) is 0 Å². The standard InChI is InChI=1S/C23H24F4N2O4/c1-4-32-20(30)22(2,3)33-19-10-5-15(13-18(19)24)14-28-11-12-29(21(28)31)17-8-6-16(7-9-17)23(25,26)27/h5-10,13H,4,11-12,14H2,1-3H3. The normalized spacial score (nSPS) is 14.6. The average Bonchev–Trinajstić information content (AvgIpc) is 3.10. The van der Waals surface area contributed by atoms with Gasteiger partial charge >= 0.3 is 18.2 Å². The number of nitrogens with zero attached hydrogens (tertiary/aromatic N) is 2. The van der Waals surface area contributed by atoms with E-state index < -0.39 is 29.1 Å². The molecule has 0 atom stereocenters. The first-order valence-electron chi connectivity index (χ1n) is 10.3. The van der Waals surface area contributed by atoms with Crippen molar-refractivity contribution in [3.05, 3.63) is 59.4 Å². The van der Waals surface area contributed by atoms with Crippen LogP contribution in [0.2, 0.25) is 0 Å². The van der Waals surface area contributed by atoms with Crippen LogP contribution < -0.4 is 9.64 Å². The Hall–Kier alpha value is -3.30. The number of hydrogen-bond acceptors (Lipinski definition) is 4. The number of carbonyl (C=O) groups is 2. The molecule has 0 unspecified atom stereocenters. The van der Waals surface area contributed by atoms with E-state index in [-0.39, 0.29) is 24.9 Å². The summed E-state index contributed by atoms with van der Waals surface area (Å²) in [6.07, 6.45) is -4.45. The van der Waals surface area contributed by atoms with Crippen molar-refractivity contribution in [2.24, 2.45) is 0 Å². The maximum Gasteiger partial charge on any atom is 0.416 e. The van der Waals surface area contributed by atoms with Crippen LogP contribution >= 0.6 is 0 Å². The Morgan fingerprint density at radius 3 is 2.30 bits per heavy atom. The summed E-state index contributed by atoms with van der Waals surface area (Å²) in [6.45, 7) is 5.49. The van der Waals surface area contributed by atoms with Crippen LogP contribution in [0.5, 0.6) is 5.75 Å². The van der Waals surface area contributed by atoms with Gasteiger partial charge in [-0.25, -0.2) is 14.0 Å². The van der Waals surface area contributed by atoms with Gasteiger partial charge in [-0.15, -0.1) is 0 Å². The fourth-order valence-corrected chi connectivity index (χ4v) is 3.37. The van der Waals surface area contributed by atoms with Gasteiger partial charge in [0.1, 0.15) is 0 Å². The monoisotopic (exact) mass is 468 g/mol. The quantitative estimate of drug-likeness (QED) is 0.424. The van der Waals surface area contributed by atoms with Crippen molar-refractivity contribution in [3.8, 4) is 5.75 Å². The number of anilines is 1. The minimum Gasteiger partial charge on any atom is -0.473 e. The van der Waals surface area contributed by atoms with Crippen molar-refractivity contribution < 1.29 is 36.6 Å². The number of amides is 2. The van der Waals surface area contributed by atoms with Gasteiger partial charge in [-0.05, 0) is 62.7 Å². The summed E-state index contributed by atoms with van der Waals surface area (Å²) in [5.74, 6) is -1.45. The summed E-state index contributed by atoms with van der Waals surface area (Å²) >= 11 is 0. The number of halogens is 4. The fourth-order valence-electron chi connectivity index (χ4n) is 3.37. The maximum absolute atomic E-state index is 14.6. The minimum absolute atomic E-state index is 0.106. The molecule has 178 valence electrons. The first-order chi connectivity index (χ1) is 15.4. The van der Waals surface area contributed by atoms with Crippen LogP contribution in [-0.4, -0.2) is 42.2 Å². The molecule has 10 heteroatoms. The molecule has 2 amide bonds. The molecule has 1 aliphatic rings. The van der Waals surface area contributed by atoms with E-state index in [1.165, 1.54) is 47.9 Å². The van der Waals surface area contributed by atoms with E-state index in [1.807, 2.05) is 0 Å². The second kappa shape index (κ2) is 9.29. The first-order valence-corrected chi connectivity index (χ1v) is 10.3. The molecular weight excluding hydrogens is 444 g/mol. The van der Waals surface area contributed by atoms with Gasteiger partial charge in [0.2, 0.25) is 0 Å². The molecule has 0 aliphatic carbocycles. The Bertz CT molecular complexity index is 1020. The molecule has 0 bridgehead atoms. The molecule has 0 aromatic heterocycles. The second-order valence-corrected chi connectivity index (χ2v) is 8.00. The van der Waals surface area contributed by atoms with Gasteiger partial charge in [0.15, 0.2) is 17.2 Å². The van der Waals surface area contributed by atoms with E-state index in [0.29, 0.717) is 24.3 Å². The maximum atomic E-state index is 14.6. The van der Waals surface area contributed by atoms with E-state index in [2.05, 4.69) is 0 Å². The highest BCUT2D eigenvalue weighted by atomic mass is 19.4. The molecule has 33 heavy (non-hydrogen) atoms. The number of rotatable bonds is 7. The van der Waals surface area contributed by atoms with Crippen molar-refractivity contribution in [3.63, 3.8) is 0 Å². The van der Waals surface area contributed by atoms with E-state index in [9.17, 15) is 27.2 Å². The summed E-state index contributed by atoms with van der Waals surface area (Å²) in [6, 6.07) is 8.13. The van der Waals surface area contributed by atoms with E-state index in [0.717, 1.165) is 12.1 Å². The summed E-state index contributed by atoms with van der Waals surface area (Å²) < 4.78 is 63.3. The number of alkyl halides is 3. The van der Waals surface area contributed by atoms with Crippen molar-refractivity contribution in [2.75, 3.05) is 24.6 Å². The average molecular weight is 468 g/mol. The molecule has 2 aromatic rings. The zero-order chi connectivity index (χ0) is 24.4. The highest BCUT2D eigenvalue weighted by molar-refractivity contribution is 5.94. The third-order valence-electron chi connectivity index (χ3n) is 5.10. The molecule has 0 spiro atoms. The Balaban J connectivity index is 1.66. The van der Waals surface area contributed by atoms with Crippen molar-refractivity contribution in [1.29, 1.82) is 0 Å². The van der Waals surface area contributed by atoms with E-state index in [4.69, 9.17) is 9.47 Å². The molecule has 2 aromatic carbocycles. The molecule has 0 radical (unpaired) electrons. The summed E-state index contributed by atoms with van der Waals surface area (Å²) in [5.41, 5.74) is -1.33. The Labute approximate surface area is 188 Å². The van der Waals surface area contributed by atoms with Crippen LogP contribution in [-0.2, 0) is 22.3 Å². The predicted octanol–water partition coefficient (Wildman–Crippen LogP) is 5.01. The lowest BCUT2D eigenvalue weighted by Gasteiger charge is -2.24. The highest BCUT2D eigenvalue weighted by Crippen LogP contribution is 2.31. The van der Waals surface area contributed by atoms with Crippen molar-refractivity contribution in [2.45, 2.75) is 39.1 Å². The number of benzene rings is 2. The number of hydrogen-bond donors (Lipinski definition) is 0. The van der Waals surface area contributed by atoms with Crippen molar-refractivity contribution in [1.82, 2.24) is 4.90 Å². The zero-order valence-corrected chi connectivity index (χ0v) is 18.4. The number of urea groups is 1. The van der Waals surface area contributed by atoms with Crippen LogP contribution in [0.3, 0.4) is 0 Å². The third kappa shape index (κ3) is 5.55. The molecule has 6 nitrogen and oxygen atoms in total. The lowest BCUT2D eigenvalue weighted by atomic mass is 10.1. The van der Waals surface area contributed by atoms with Gasteiger partial charge in [0.05, 0.1) is 12.2 Å². The van der Waals surface area contributed by atoms with Gasteiger partial charge in [-0.1, -0.05) is 6.07 Å². The molecule has 0 N–H and O–H groups in total. The number of ether oxygens (including phenoxy) is 2. The summed E-state index contributed by atoms with van der Waals surface area (Å²) in [4.78, 5) is 27.5. The summed E-state index contributed by atoms with van der Waals surface area (Å²) in [5, 5.41) is 0. The van der Waals surface area contributed by atoms with E-state index in [1.54, 1.807) is 13.0 Å². The SMILES string of the molecule is CCOC(=O)C(C)(C)Oc1ccc(CN2CCN(c3ccc(C(F)(F)F)cc3)C2=O)cc1F. The van der Waals surface area contributed by atoms with Crippen LogP contribution in [0.4, 0.5) is 28.0 Å². The number of carbonyl (C=O) groups excluding carboxylic acids is 2. The molecule has 3 rings (SSSR count). The van der Waals surface area contributed by atoms with Gasteiger partial charge in [0, 0.05) is 25.3 Å². The number of esters is 1. The van der Waals surface area contributed by atoms with Gasteiger partial charge < -0.3 is 14.4 Å². The first kappa shape index (κ1) is 24.3. The highest BCUT2D eigenvalue weighted by Gasteiger charge is 2.34. The van der Waals surface area contributed by atoms with Crippen molar-refractivity contribution >= 4 is 17.7 Å². The molecule has 1 fully saturated rings. The smallest absolute Gasteiger partial charge is 0.416 e. The minimum atomic E-state index is -4.45. The Morgan fingerprint density at radius 1 is 1.06 bits per heavy atom.